The van der Waals surface area contributed by atoms with Crippen LogP contribution in [0.25, 0.3) is 28.2 Å². The van der Waals surface area contributed by atoms with Crippen LogP contribution in [0.2, 0.25) is 25.7 Å². The Morgan fingerprint density at radius 3 is 2.59 bits per heavy atom. The molecular weight excluding hydrogens is 385 g/mol. The molecule has 3 heterocycles. The highest BCUT2D eigenvalue weighted by atomic mass is 28.3. The Bertz CT molecular complexity index is 1110. The maximum Gasteiger partial charge on any atom is 0.153 e. The number of benzene rings is 1. The molecule has 0 bridgehead atoms. The number of hydrogen-bond acceptors (Lipinski definition) is 4. The molecule has 6 nitrogen and oxygen atoms in total. The molecule has 0 amide bonds. The normalized spacial score (nSPS) is 12.0. The van der Waals surface area contributed by atoms with Gasteiger partial charge in [-0.3, -0.25) is 0 Å². The fraction of sp³-hybridized carbons (Fsp3) is 0.286. The second kappa shape index (κ2) is 7.88. The molecule has 0 atom stereocenters. The van der Waals surface area contributed by atoms with Gasteiger partial charge >= 0.3 is 0 Å². The molecule has 0 unspecified atom stereocenters. The van der Waals surface area contributed by atoms with Crippen molar-refractivity contribution in [3.8, 4) is 22.5 Å². The Morgan fingerprint density at radius 1 is 1.03 bits per heavy atom. The summed E-state index contributed by atoms with van der Waals surface area (Å²) in [6, 6.07) is 11.3. The summed E-state index contributed by atoms with van der Waals surface area (Å²) in [5.74, 6) is -0.276. The number of hydrogen-bond donors (Lipinski definition) is 0. The van der Waals surface area contributed by atoms with Crippen LogP contribution in [0.1, 0.15) is 0 Å². The zero-order chi connectivity index (χ0) is 20.4. The monoisotopic (exact) mass is 409 g/mol. The van der Waals surface area contributed by atoms with Crippen molar-refractivity contribution in [2.24, 2.45) is 0 Å². The number of imidazole rings is 1. The molecular formula is C21H24FN5OSi. The third-order valence-electron chi connectivity index (χ3n) is 4.63. The van der Waals surface area contributed by atoms with Crippen LogP contribution in [0.15, 0.2) is 55.0 Å². The van der Waals surface area contributed by atoms with E-state index in [4.69, 9.17) is 9.84 Å². The number of halogens is 1. The molecule has 0 aliphatic heterocycles. The average molecular weight is 410 g/mol. The van der Waals surface area contributed by atoms with Gasteiger partial charge in [-0.1, -0.05) is 19.6 Å². The molecule has 0 fully saturated rings. The van der Waals surface area contributed by atoms with Crippen LogP contribution in [-0.4, -0.2) is 39.1 Å². The number of ether oxygens (including phenoxy) is 1. The summed E-state index contributed by atoms with van der Waals surface area (Å²) in [5, 5.41) is 9.35. The molecule has 0 saturated carbocycles. The Balaban J connectivity index is 1.66. The van der Waals surface area contributed by atoms with Crippen LogP contribution >= 0.6 is 0 Å². The first kappa shape index (κ1) is 19.5. The lowest BCUT2D eigenvalue weighted by atomic mass is 10.1. The van der Waals surface area contributed by atoms with Gasteiger partial charge < -0.3 is 4.74 Å². The SMILES string of the molecule is C[Si](C)(C)CCOCn1cc(-c2ccc3nccn3n2)c(-c2ccc(F)cc2)n1. The van der Waals surface area contributed by atoms with Gasteiger partial charge in [0.1, 0.15) is 18.2 Å². The van der Waals surface area contributed by atoms with Gasteiger partial charge in [0, 0.05) is 44.4 Å². The van der Waals surface area contributed by atoms with E-state index < -0.39 is 8.07 Å². The zero-order valence-electron chi connectivity index (χ0n) is 16.8. The first-order valence-electron chi connectivity index (χ1n) is 9.61. The van der Waals surface area contributed by atoms with E-state index in [0.717, 1.165) is 40.8 Å². The predicted molar refractivity (Wildman–Crippen MR) is 114 cm³/mol. The lowest BCUT2D eigenvalue weighted by Gasteiger charge is -2.15. The standard InChI is InChI=1S/C21H24FN5OSi/c1-29(2,3)13-12-28-15-26-14-18(19-8-9-20-23-10-11-27(20)24-19)21(25-26)16-4-6-17(22)7-5-16/h4-11,14H,12-13,15H2,1-3H3. The molecule has 8 heteroatoms. The van der Waals surface area contributed by atoms with Crippen molar-refractivity contribution in [3.63, 3.8) is 0 Å². The molecule has 150 valence electrons. The van der Waals surface area contributed by atoms with E-state index in [1.165, 1.54) is 12.1 Å². The molecule has 3 aromatic heterocycles. The first-order valence-corrected chi connectivity index (χ1v) is 13.3. The topological polar surface area (TPSA) is 57.2 Å². The predicted octanol–water partition coefficient (Wildman–Crippen LogP) is 4.71. The van der Waals surface area contributed by atoms with Crippen LogP contribution in [0, 0.1) is 5.82 Å². The first-order chi connectivity index (χ1) is 13.9. The van der Waals surface area contributed by atoms with Gasteiger partial charge in [-0.05, 0) is 42.4 Å². The van der Waals surface area contributed by atoms with Gasteiger partial charge in [-0.15, -0.1) is 0 Å². The molecule has 4 aromatic rings. The molecule has 4 rings (SSSR count). The second-order valence-electron chi connectivity index (χ2n) is 8.23. The van der Waals surface area contributed by atoms with Crippen LogP contribution in [0.5, 0.6) is 0 Å². The third kappa shape index (κ3) is 4.60. The average Bonchev–Trinajstić information content (AvgIpc) is 3.31. The summed E-state index contributed by atoms with van der Waals surface area (Å²) in [5.41, 5.74) is 3.98. The lowest BCUT2D eigenvalue weighted by Crippen LogP contribution is -2.22. The van der Waals surface area contributed by atoms with E-state index in [9.17, 15) is 4.39 Å². The molecule has 0 saturated heterocycles. The van der Waals surface area contributed by atoms with Crippen molar-refractivity contribution >= 4 is 13.7 Å². The Labute approximate surface area is 170 Å². The van der Waals surface area contributed by atoms with Crippen molar-refractivity contribution in [2.45, 2.75) is 32.4 Å². The second-order valence-corrected chi connectivity index (χ2v) is 13.9. The van der Waals surface area contributed by atoms with Gasteiger partial charge in [0.15, 0.2) is 5.65 Å². The van der Waals surface area contributed by atoms with E-state index in [-0.39, 0.29) is 5.82 Å². The highest BCUT2D eigenvalue weighted by Gasteiger charge is 2.16. The highest BCUT2D eigenvalue weighted by molar-refractivity contribution is 6.76. The van der Waals surface area contributed by atoms with Crippen molar-refractivity contribution in [2.75, 3.05) is 6.61 Å². The molecule has 0 spiro atoms. The molecule has 1 aromatic carbocycles. The zero-order valence-corrected chi connectivity index (χ0v) is 17.8. The van der Waals surface area contributed by atoms with Gasteiger partial charge in [-0.2, -0.15) is 10.2 Å². The molecule has 0 aliphatic carbocycles. The molecule has 29 heavy (non-hydrogen) atoms. The largest absolute Gasteiger partial charge is 0.360 e. The third-order valence-corrected chi connectivity index (χ3v) is 6.33. The van der Waals surface area contributed by atoms with Crippen molar-refractivity contribution in [3.05, 3.63) is 60.8 Å². The molecule has 0 aliphatic rings. The van der Waals surface area contributed by atoms with Gasteiger partial charge in [0.05, 0.1) is 5.69 Å². The van der Waals surface area contributed by atoms with Gasteiger partial charge in [-0.25, -0.2) is 18.6 Å². The van der Waals surface area contributed by atoms with Crippen molar-refractivity contribution in [1.29, 1.82) is 0 Å². The lowest BCUT2D eigenvalue weighted by molar-refractivity contribution is 0.0788. The van der Waals surface area contributed by atoms with E-state index in [0.29, 0.717) is 6.73 Å². The Morgan fingerprint density at radius 2 is 1.83 bits per heavy atom. The fourth-order valence-corrected chi connectivity index (χ4v) is 3.75. The summed E-state index contributed by atoms with van der Waals surface area (Å²) in [6.45, 7) is 8.06. The van der Waals surface area contributed by atoms with E-state index in [2.05, 4.69) is 29.7 Å². The Kier molecular flexibility index (Phi) is 5.29. The van der Waals surface area contributed by atoms with Crippen LogP contribution in [-0.2, 0) is 11.5 Å². The minimum absolute atomic E-state index is 0.276. The smallest absolute Gasteiger partial charge is 0.153 e. The summed E-state index contributed by atoms with van der Waals surface area (Å²) < 4.78 is 22.8. The van der Waals surface area contributed by atoms with Gasteiger partial charge in [0.2, 0.25) is 0 Å². The van der Waals surface area contributed by atoms with Crippen LogP contribution in [0.3, 0.4) is 0 Å². The molecule has 0 N–H and O–H groups in total. The van der Waals surface area contributed by atoms with Crippen molar-refractivity contribution in [1.82, 2.24) is 24.4 Å². The van der Waals surface area contributed by atoms with Crippen LogP contribution in [0.4, 0.5) is 4.39 Å². The number of nitrogens with zero attached hydrogens (tertiary/aromatic N) is 5. The number of rotatable bonds is 7. The van der Waals surface area contributed by atoms with E-state index >= 15 is 0 Å². The summed E-state index contributed by atoms with van der Waals surface area (Å²) in [7, 11) is -1.14. The van der Waals surface area contributed by atoms with Gasteiger partial charge in [0.25, 0.3) is 0 Å². The number of fused-ring (bicyclic) bond motifs is 1. The summed E-state index contributed by atoms with van der Waals surface area (Å²) in [4.78, 5) is 4.24. The Hall–Kier alpha value is -2.84. The number of aromatic nitrogens is 5. The fourth-order valence-electron chi connectivity index (χ4n) is 2.99. The minimum atomic E-state index is -1.14. The van der Waals surface area contributed by atoms with Crippen molar-refractivity contribution < 1.29 is 9.13 Å². The highest BCUT2D eigenvalue weighted by Crippen LogP contribution is 2.30. The van der Waals surface area contributed by atoms with Crippen LogP contribution < -0.4 is 0 Å². The quantitative estimate of drug-likeness (QED) is 0.328. The molecule has 0 radical (unpaired) electrons. The maximum atomic E-state index is 13.4. The summed E-state index contributed by atoms with van der Waals surface area (Å²) >= 11 is 0. The summed E-state index contributed by atoms with van der Waals surface area (Å²) in [6.07, 6.45) is 5.45. The van der Waals surface area contributed by atoms with E-state index in [1.54, 1.807) is 33.7 Å². The minimum Gasteiger partial charge on any atom is -0.360 e. The van der Waals surface area contributed by atoms with E-state index in [1.807, 2.05) is 18.3 Å². The maximum absolute atomic E-state index is 13.4.